The van der Waals surface area contributed by atoms with Gasteiger partial charge in [0.25, 0.3) is 0 Å². The van der Waals surface area contributed by atoms with Crippen LogP contribution in [0.5, 0.6) is 0 Å². The first kappa shape index (κ1) is 11.1. The molecule has 0 unspecified atom stereocenters. The lowest BCUT2D eigenvalue weighted by atomic mass is 10.1. The lowest BCUT2D eigenvalue weighted by molar-refractivity contribution is 0.559. The van der Waals surface area contributed by atoms with Crippen molar-refractivity contribution in [1.82, 2.24) is 9.88 Å². The van der Waals surface area contributed by atoms with E-state index in [1.54, 1.807) is 11.3 Å². The molecular formula is C14H14N4S. The summed E-state index contributed by atoms with van der Waals surface area (Å²) >= 11 is 1.72. The Morgan fingerprint density at radius 3 is 3.11 bits per heavy atom. The first-order valence-corrected chi connectivity index (χ1v) is 7.32. The van der Waals surface area contributed by atoms with Crippen molar-refractivity contribution in [2.75, 3.05) is 13.1 Å². The van der Waals surface area contributed by atoms with Crippen LogP contribution in [0.3, 0.4) is 0 Å². The first-order chi connectivity index (χ1) is 9.24. The Morgan fingerprint density at radius 2 is 2.21 bits per heavy atom. The van der Waals surface area contributed by atoms with E-state index < -0.39 is 0 Å². The van der Waals surface area contributed by atoms with Gasteiger partial charge in [-0.2, -0.15) is 0 Å². The molecule has 0 bridgehead atoms. The highest BCUT2D eigenvalue weighted by Gasteiger charge is 2.27. The quantitative estimate of drug-likeness (QED) is 0.738. The van der Waals surface area contributed by atoms with E-state index in [0.717, 1.165) is 41.6 Å². The highest BCUT2D eigenvalue weighted by molar-refractivity contribution is 7.21. The van der Waals surface area contributed by atoms with E-state index in [-0.39, 0.29) is 0 Å². The number of fused-ring (bicyclic) bond motifs is 5. The smallest absolute Gasteiger partial charge is 0.148 e. The predicted octanol–water partition coefficient (Wildman–Crippen LogP) is 3.04. The Hall–Kier alpha value is -1.75. The fourth-order valence-corrected chi connectivity index (χ4v) is 4.03. The molecule has 0 amide bonds. The van der Waals surface area contributed by atoms with Crippen molar-refractivity contribution < 1.29 is 0 Å². The van der Waals surface area contributed by atoms with Gasteiger partial charge in [0.1, 0.15) is 10.7 Å². The van der Waals surface area contributed by atoms with Gasteiger partial charge in [0.15, 0.2) is 0 Å². The standard InChI is InChI=1S/C14H14N4S/c1-8-6-9(2)17-14-10(8)11-12(19-14)13-15-4-3-5-18(13)7-16-11/h6-7H,3-5H2,1-2H3. The maximum absolute atomic E-state index is 4.67. The maximum atomic E-state index is 4.67. The minimum atomic E-state index is 0.915. The molecule has 0 N–H and O–H groups in total. The summed E-state index contributed by atoms with van der Waals surface area (Å²) in [5.41, 5.74) is 3.37. The topological polar surface area (TPSA) is 40.9 Å². The summed E-state index contributed by atoms with van der Waals surface area (Å²) in [6, 6.07) is 2.12. The van der Waals surface area contributed by atoms with Gasteiger partial charge < -0.3 is 4.90 Å². The number of hydrogen-bond acceptors (Lipinski definition) is 5. The second kappa shape index (κ2) is 3.87. The number of pyridine rings is 1. The molecular weight excluding hydrogens is 256 g/mol. The molecule has 4 nitrogen and oxygen atoms in total. The first-order valence-electron chi connectivity index (χ1n) is 6.50. The van der Waals surface area contributed by atoms with Crippen molar-refractivity contribution in [2.45, 2.75) is 20.3 Å². The number of thiophene rings is 1. The zero-order chi connectivity index (χ0) is 13.0. The third kappa shape index (κ3) is 1.54. The molecule has 0 fully saturated rings. The maximum Gasteiger partial charge on any atom is 0.148 e. The van der Waals surface area contributed by atoms with Gasteiger partial charge in [0.05, 0.1) is 16.9 Å². The van der Waals surface area contributed by atoms with Crippen molar-refractivity contribution in [3.8, 4) is 0 Å². The van der Waals surface area contributed by atoms with Crippen molar-refractivity contribution in [1.29, 1.82) is 0 Å². The molecule has 0 spiro atoms. The van der Waals surface area contributed by atoms with Crippen LogP contribution in [-0.2, 0) is 0 Å². The molecule has 4 heterocycles. The third-order valence-electron chi connectivity index (χ3n) is 3.58. The van der Waals surface area contributed by atoms with Crippen LogP contribution in [0.4, 0.5) is 5.69 Å². The van der Waals surface area contributed by atoms with Crippen molar-refractivity contribution in [3.63, 3.8) is 0 Å². The summed E-state index contributed by atoms with van der Waals surface area (Å²) in [6.45, 7) is 6.10. The fourth-order valence-electron chi connectivity index (χ4n) is 2.76. The summed E-state index contributed by atoms with van der Waals surface area (Å²) in [6.07, 6.45) is 3.03. The van der Waals surface area contributed by atoms with E-state index in [4.69, 9.17) is 0 Å². The van der Waals surface area contributed by atoms with Gasteiger partial charge in [-0.15, -0.1) is 11.3 Å². The summed E-state index contributed by atoms with van der Waals surface area (Å²) in [5.74, 6) is 1.08. The van der Waals surface area contributed by atoms with Crippen LogP contribution in [0.2, 0.25) is 0 Å². The molecule has 2 aromatic rings. The predicted molar refractivity (Wildman–Crippen MR) is 80.0 cm³/mol. The van der Waals surface area contributed by atoms with Gasteiger partial charge in [-0.1, -0.05) is 0 Å². The van der Waals surface area contributed by atoms with E-state index in [2.05, 4.69) is 32.9 Å². The molecule has 0 radical (unpaired) electrons. The Labute approximate surface area is 115 Å². The molecule has 0 aromatic carbocycles. The summed E-state index contributed by atoms with van der Waals surface area (Å²) in [5, 5.41) is 1.19. The molecule has 19 heavy (non-hydrogen) atoms. The average Bonchev–Trinajstić information content (AvgIpc) is 2.77. The molecule has 0 saturated heterocycles. The monoisotopic (exact) mass is 270 g/mol. The number of amidine groups is 1. The Morgan fingerprint density at radius 1 is 1.32 bits per heavy atom. The second-order valence-corrected chi connectivity index (χ2v) is 6.04. The number of aliphatic imine (C=N–C) groups is 2. The number of aryl methyl sites for hydroxylation is 2. The SMILES string of the molecule is Cc1cc(C)c2c3c(sc2n1)C1=NCCCN1C=N3. The Balaban J connectivity index is 2.05. The second-order valence-electron chi connectivity index (χ2n) is 5.04. The number of aromatic nitrogens is 1. The number of nitrogens with zero attached hydrogens (tertiary/aromatic N) is 4. The number of hydrogen-bond donors (Lipinski definition) is 0. The Bertz CT molecular complexity index is 741. The molecule has 2 aromatic heterocycles. The molecule has 96 valence electrons. The molecule has 4 rings (SSSR count). The van der Waals surface area contributed by atoms with Crippen molar-refractivity contribution >= 4 is 39.4 Å². The fraction of sp³-hybridized carbons (Fsp3) is 0.357. The highest BCUT2D eigenvalue weighted by Crippen LogP contribution is 2.41. The Kier molecular flexibility index (Phi) is 2.26. The zero-order valence-corrected chi connectivity index (χ0v) is 11.8. The molecule has 2 aliphatic rings. The third-order valence-corrected chi connectivity index (χ3v) is 4.65. The summed E-state index contributed by atoms with van der Waals surface area (Å²) in [7, 11) is 0. The van der Waals surface area contributed by atoms with Gasteiger partial charge in [-0.3, -0.25) is 4.99 Å². The molecule has 2 aliphatic heterocycles. The molecule has 0 aliphatic carbocycles. The van der Waals surface area contributed by atoms with Gasteiger partial charge in [-0.25, -0.2) is 9.98 Å². The van der Waals surface area contributed by atoms with Crippen LogP contribution in [0.15, 0.2) is 16.1 Å². The van der Waals surface area contributed by atoms with Gasteiger partial charge in [0, 0.05) is 24.2 Å². The van der Waals surface area contributed by atoms with Crippen LogP contribution in [0.25, 0.3) is 10.2 Å². The molecule has 5 heteroatoms. The van der Waals surface area contributed by atoms with Gasteiger partial charge in [-0.05, 0) is 31.9 Å². The van der Waals surface area contributed by atoms with E-state index in [9.17, 15) is 0 Å². The normalized spacial score (nSPS) is 17.4. The van der Waals surface area contributed by atoms with Crippen LogP contribution >= 0.6 is 11.3 Å². The van der Waals surface area contributed by atoms with E-state index >= 15 is 0 Å². The minimum Gasteiger partial charge on any atom is -0.316 e. The van der Waals surface area contributed by atoms with Gasteiger partial charge >= 0.3 is 0 Å². The molecule has 0 atom stereocenters. The van der Waals surface area contributed by atoms with Gasteiger partial charge in [0.2, 0.25) is 0 Å². The van der Waals surface area contributed by atoms with Crippen LogP contribution in [-0.4, -0.2) is 35.1 Å². The van der Waals surface area contributed by atoms with Crippen molar-refractivity contribution in [2.24, 2.45) is 9.98 Å². The lowest BCUT2D eigenvalue weighted by Crippen LogP contribution is -2.36. The largest absolute Gasteiger partial charge is 0.316 e. The van der Waals surface area contributed by atoms with Crippen LogP contribution in [0.1, 0.15) is 22.6 Å². The zero-order valence-electron chi connectivity index (χ0n) is 11.0. The number of rotatable bonds is 0. The van der Waals surface area contributed by atoms with E-state index in [1.807, 2.05) is 13.3 Å². The van der Waals surface area contributed by atoms with E-state index in [1.165, 1.54) is 15.8 Å². The summed E-state index contributed by atoms with van der Waals surface area (Å²) < 4.78 is 0. The minimum absolute atomic E-state index is 0.915. The van der Waals surface area contributed by atoms with Crippen LogP contribution < -0.4 is 0 Å². The average molecular weight is 270 g/mol. The van der Waals surface area contributed by atoms with Crippen molar-refractivity contribution in [3.05, 3.63) is 22.2 Å². The van der Waals surface area contributed by atoms with Crippen LogP contribution in [0, 0.1) is 13.8 Å². The lowest BCUT2D eigenvalue weighted by Gasteiger charge is -2.27. The highest BCUT2D eigenvalue weighted by atomic mass is 32.1. The summed E-state index contributed by atoms with van der Waals surface area (Å²) in [4.78, 5) is 18.4. The van der Waals surface area contributed by atoms with E-state index in [0.29, 0.717) is 0 Å². The molecule has 0 saturated carbocycles.